The van der Waals surface area contributed by atoms with Gasteiger partial charge in [0.05, 0.1) is 11.0 Å². The highest BCUT2D eigenvalue weighted by Gasteiger charge is 2.14. The first-order chi connectivity index (χ1) is 21.3. The van der Waals surface area contributed by atoms with E-state index < -0.39 is 0 Å². The van der Waals surface area contributed by atoms with Crippen molar-refractivity contribution in [2.75, 3.05) is 0 Å². The zero-order valence-electron chi connectivity index (χ0n) is 23.2. The molecule has 2 heterocycles. The van der Waals surface area contributed by atoms with Crippen LogP contribution >= 0.6 is 0 Å². The molecule has 9 rings (SSSR count). The van der Waals surface area contributed by atoms with Crippen molar-refractivity contribution in [3.05, 3.63) is 146 Å². The number of benzene rings is 7. The Kier molecular flexibility index (Phi) is 5.20. The molecular formula is C40H24N2O. The van der Waals surface area contributed by atoms with Gasteiger partial charge in [-0.25, -0.2) is 0 Å². The molecule has 0 aliphatic carbocycles. The molecule has 0 aliphatic heterocycles. The molecule has 2 aromatic heterocycles. The van der Waals surface area contributed by atoms with Crippen molar-refractivity contribution in [1.82, 2.24) is 9.97 Å². The first-order valence-electron chi connectivity index (χ1n) is 14.5. The number of nitrogens with zero attached hydrogens (tertiary/aromatic N) is 2. The smallest absolute Gasteiger partial charge is 0.143 e. The van der Waals surface area contributed by atoms with Crippen LogP contribution < -0.4 is 0 Å². The lowest BCUT2D eigenvalue weighted by Gasteiger charge is -2.12. The summed E-state index contributed by atoms with van der Waals surface area (Å²) >= 11 is 0. The number of fused-ring (bicyclic) bond motifs is 9. The molecule has 0 spiro atoms. The van der Waals surface area contributed by atoms with Gasteiger partial charge in [0, 0.05) is 39.5 Å². The lowest BCUT2D eigenvalue weighted by molar-refractivity contribution is 0.670. The van der Waals surface area contributed by atoms with E-state index in [1.165, 1.54) is 33.0 Å². The number of aromatic nitrogens is 2. The van der Waals surface area contributed by atoms with E-state index in [0.29, 0.717) is 0 Å². The van der Waals surface area contributed by atoms with Crippen molar-refractivity contribution in [2.24, 2.45) is 0 Å². The van der Waals surface area contributed by atoms with Crippen LogP contribution in [0.1, 0.15) is 0 Å². The Balaban J connectivity index is 1.17. The van der Waals surface area contributed by atoms with E-state index >= 15 is 0 Å². The molecule has 0 atom stereocenters. The van der Waals surface area contributed by atoms with E-state index in [-0.39, 0.29) is 0 Å². The number of hydrogen-bond donors (Lipinski definition) is 0. The molecule has 200 valence electrons. The fraction of sp³-hybridized carbons (Fsp3) is 0. The molecule has 0 aliphatic rings. The monoisotopic (exact) mass is 548 g/mol. The summed E-state index contributed by atoms with van der Waals surface area (Å²) in [4.78, 5) is 9.38. The third-order valence-electron chi connectivity index (χ3n) is 8.55. The summed E-state index contributed by atoms with van der Waals surface area (Å²) in [7, 11) is 0. The maximum Gasteiger partial charge on any atom is 0.143 e. The summed E-state index contributed by atoms with van der Waals surface area (Å²) in [6.45, 7) is 0. The zero-order chi connectivity index (χ0) is 28.3. The van der Waals surface area contributed by atoms with Crippen molar-refractivity contribution in [2.45, 2.75) is 0 Å². The maximum absolute atomic E-state index is 6.34. The van der Waals surface area contributed by atoms with Crippen LogP contribution in [0.25, 0.3) is 87.9 Å². The minimum atomic E-state index is 0.914. The number of rotatable bonds is 3. The van der Waals surface area contributed by atoms with Crippen LogP contribution in [0.15, 0.2) is 150 Å². The molecule has 0 unspecified atom stereocenters. The molecule has 0 N–H and O–H groups in total. The lowest BCUT2D eigenvalue weighted by atomic mass is 9.93. The molecule has 0 saturated carbocycles. The van der Waals surface area contributed by atoms with Gasteiger partial charge in [-0.2, -0.15) is 0 Å². The van der Waals surface area contributed by atoms with Crippen LogP contribution in [0, 0.1) is 0 Å². The Hall–Kier alpha value is -5.80. The molecular weight excluding hydrogens is 524 g/mol. The third-order valence-corrected chi connectivity index (χ3v) is 8.55. The van der Waals surface area contributed by atoms with Gasteiger partial charge in [0.25, 0.3) is 0 Å². The van der Waals surface area contributed by atoms with Gasteiger partial charge in [0.15, 0.2) is 0 Å². The average Bonchev–Trinajstić information content (AvgIpc) is 3.47. The second-order valence-electron chi connectivity index (χ2n) is 11.0. The molecule has 0 radical (unpaired) electrons. The van der Waals surface area contributed by atoms with Crippen LogP contribution in [-0.4, -0.2) is 9.97 Å². The quantitative estimate of drug-likeness (QED) is 0.206. The van der Waals surface area contributed by atoms with Gasteiger partial charge in [-0.15, -0.1) is 0 Å². The SMILES string of the molecule is c1cc(-c2cccc(-c3cccc4c3oc3ccccc34)c2)cc(-c2ccc3c(c2)c2ccccc2c2nccnc32)c1. The van der Waals surface area contributed by atoms with E-state index in [1.54, 1.807) is 12.4 Å². The van der Waals surface area contributed by atoms with Crippen molar-refractivity contribution < 1.29 is 4.42 Å². The topological polar surface area (TPSA) is 38.9 Å². The number of hydrogen-bond acceptors (Lipinski definition) is 3. The van der Waals surface area contributed by atoms with Crippen molar-refractivity contribution in [3.8, 4) is 33.4 Å². The van der Waals surface area contributed by atoms with Crippen molar-refractivity contribution in [3.63, 3.8) is 0 Å². The predicted octanol–water partition coefficient (Wildman–Crippen LogP) is 10.8. The summed E-state index contributed by atoms with van der Waals surface area (Å²) < 4.78 is 6.34. The number of furan rings is 1. The molecule has 0 saturated heterocycles. The minimum Gasteiger partial charge on any atom is -0.455 e. The van der Waals surface area contributed by atoms with Gasteiger partial charge in [-0.3, -0.25) is 9.97 Å². The van der Waals surface area contributed by atoms with Gasteiger partial charge < -0.3 is 4.42 Å². The molecule has 3 nitrogen and oxygen atoms in total. The van der Waals surface area contributed by atoms with Crippen LogP contribution in [-0.2, 0) is 0 Å². The first-order valence-corrected chi connectivity index (χ1v) is 14.5. The third kappa shape index (κ3) is 3.75. The standard InChI is InChI=1S/C40H24N2O/c1-2-14-33-31(12-1)36-24-28(18-19-34(36)39-38(33)41-20-21-42-39)26-9-5-8-25(22-26)27-10-6-11-29(23-27)30-15-7-16-35-32-13-3-4-17-37(32)43-40(30)35/h1-24H. The van der Waals surface area contributed by atoms with Gasteiger partial charge in [-0.1, -0.05) is 109 Å². The summed E-state index contributed by atoms with van der Waals surface area (Å²) in [6, 6.07) is 47.3. The Labute approximate surface area is 247 Å². The maximum atomic E-state index is 6.34. The number of para-hydroxylation sites is 2. The predicted molar refractivity (Wildman–Crippen MR) is 178 cm³/mol. The van der Waals surface area contributed by atoms with Gasteiger partial charge >= 0.3 is 0 Å². The van der Waals surface area contributed by atoms with E-state index in [9.17, 15) is 0 Å². The van der Waals surface area contributed by atoms with Crippen LogP contribution in [0.4, 0.5) is 0 Å². The van der Waals surface area contributed by atoms with Crippen LogP contribution in [0.3, 0.4) is 0 Å². The van der Waals surface area contributed by atoms with Crippen LogP contribution in [0.5, 0.6) is 0 Å². The van der Waals surface area contributed by atoms with Crippen molar-refractivity contribution >= 4 is 54.5 Å². The highest BCUT2D eigenvalue weighted by Crippen LogP contribution is 2.38. The molecule has 0 bridgehead atoms. The summed E-state index contributed by atoms with van der Waals surface area (Å²) in [6.07, 6.45) is 3.54. The average molecular weight is 549 g/mol. The molecule has 0 fully saturated rings. The van der Waals surface area contributed by atoms with Crippen molar-refractivity contribution in [1.29, 1.82) is 0 Å². The van der Waals surface area contributed by atoms with E-state index in [4.69, 9.17) is 9.40 Å². The molecule has 0 amide bonds. The fourth-order valence-corrected chi connectivity index (χ4v) is 6.53. The van der Waals surface area contributed by atoms with E-state index in [0.717, 1.165) is 54.9 Å². The highest BCUT2D eigenvalue weighted by molar-refractivity contribution is 6.23. The fourth-order valence-electron chi connectivity index (χ4n) is 6.53. The zero-order valence-corrected chi connectivity index (χ0v) is 23.2. The molecule has 7 aromatic carbocycles. The van der Waals surface area contributed by atoms with Gasteiger partial charge in [-0.05, 0) is 62.9 Å². The molecule has 3 heteroatoms. The lowest BCUT2D eigenvalue weighted by Crippen LogP contribution is -1.89. The summed E-state index contributed by atoms with van der Waals surface area (Å²) in [5.74, 6) is 0. The Morgan fingerprint density at radius 3 is 1.70 bits per heavy atom. The van der Waals surface area contributed by atoms with Crippen LogP contribution in [0.2, 0.25) is 0 Å². The highest BCUT2D eigenvalue weighted by atomic mass is 16.3. The summed E-state index contributed by atoms with van der Waals surface area (Å²) in [5.41, 5.74) is 10.6. The van der Waals surface area contributed by atoms with E-state index in [2.05, 4.69) is 126 Å². The second-order valence-corrected chi connectivity index (χ2v) is 11.0. The van der Waals surface area contributed by atoms with Gasteiger partial charge in [0.1, 0.15) is 11.2 Å². The van der Waals surface area contributed by atoms with Gasteiger partial charge in [0.2, 0.25) is 0 Å². The Morgan fingerprint density at radius 2 is 0.930 bits per heavy atom. The summed E-state index contributed by atoms with van der Waals surface area (Å²) in [5, 5.41) is 6.91. The molecule has 9 aromatic rings. The normalized spacial score (nSPS) is 11.7. The Bertz CT molecular complexity index is 2490. The minimum absolute atomic E-state index is 0.914. The Morgan fingerprint density at radius 1 is 0.372 bits per heavy atom. The largest absolute Gasteiger partial charge is 0.455 e. The first kappa shape index (κ1) is 23.9. The second kappa shape index (κ2) is 9.37. The van der Waals surface area contributed by atoms with E-state index in [1.807, 2.05) is 12.1 Å². The molecule has 43 heavy (non-hydrogen) atoms.